The maximum Gasteiger partial charge on any atom is 0.257 e. The Labute approximate surface area is 160 Å². The average Bonchev–Trinajstić information content (AvgIpc) is 2.64. The molecule has 0 spiro atoms. The van der Waals surface area contributed by atoms with Gasteiger partial charge in [-0.05, 0) is 54.0 Å². The summed E-state index contributed by atoms with van der Waals surface area (Å²) in [7, 11) is 2.12. The lowest BCUT2D eigenvalue weighted by atomic mass is 9.92. The molecule has 0 atom stereocenters. The third kappa shape index (κ3) is 2.43. The van der Waals surface area contributed by atoms with Crippen LogP contribution >= 0.6 is 0 Å². The largest absolute Gasteiger partial charge is 0.449 e. The second-order valence-corrected chi connectivity index (χ2v) is 8.15. The van der Waals surface area contributed by atoms with Crippen LogP contribution in [0.3, 0.4) is 0 Å². The number of benzene rings is 3. The van der Waals surface area contributed by atoms with Crippen LogP contribution in [0.2, 0.25) is 0 Å². The van der Waals surface area contributed by atoms with E-state index in [-0.39, 0.29) is 0 Å². The minimum atomic E-state index is 0.635. The summed E-state index contributed by atoms with van der Waals surface area (Å²) >= 11 is 0. The lowest BCUT2D eigenvalue weighted by Crippen LogP contribution is -2.32. The van der Waals surface area contributed by atoms with Gasteiger partial charge in [0.05, 0.1) is 5.56 Å². The maximum absolute atomic E-state index is 6.54. The second kappa shape index (κ2) is 5.82. The monoisotopic (exact) mass is 354 g/mol. The van der Waals surface area contributed by atoms with Gasteiger partial charge in [-0.2, -0.15) is 4.57 Å². The number of nitrogens with zero attached hydrogens (tertiary/aromatic N) is 1. The number of rotatable bonds is 2. The molecule has 1 aliphatic heterocycles. The van der Waals surface area contributed by atoms with Crippen molar-refractivity contribution in [3.05, 3.63) is 65.9 Å². The quantitative estimate of drug-likeness (QED) is 0.349. The zero-order chi connectivity index (χ0) is 18.7. The number of aryl methyl sites for hydroxylation is 2. The van der Waals surface area contributed by atoms with Gasteiger partial charge in [0.15, 0.2) is 6.20 Å². The topological polar surface area (TPSA) is 13.1 Å². The molecule has 1 aliphatic rings. The van der Waals surface area contributed by atoms with Crippen molar-refractivity contribution in [1.82, 2.24) is 0 Å². The van der Waals surface area contributed by atoms with Crippen molar-refractivity contribution in [2.75, 3.05) is 0 Å². The summed E-state index contributed by atoms with van der Waals surface area (Å²) in [5.74, 6) is 2.58. The van der Waals surface area contributed by atoms with Crippen LogP contribution in [0.1, 0.15) is 25.0 Å². The lowest BCUT2D eigenvalue weighted by Gasteiger charge is -2.22. The van der Waals surface area contributed by atoms with Gasteiger partial charge in [-0.15, -0.1) is 0 Å². The van der Waals surface area contributed by atoms with Gasteiger partial charge in [0, 0.05) is 16.2 Å². The van der Waals surface area contributed by atoms with E-state index >= 15 is 0 Å². The molecule has 0 amide bonds. The number of ether oxygens (including phenoxy) is 1. The molecule has 2 nitrogen and oxygen atoms in total. The van der Waals surface area contributed by atoms with Crippen molar-refractivity contribution in [1.29, 1.82) is 0 Å². The summed E-state index contributed by atoms with van der Waals surface area (Å²) in [5.41, 5.74) is 5.12. The second-order valence-electron chi connectivity index (χ2n) is 8.15. The molecule has 4 aromatic rings. The minimum absolute atomic E-state index is 0.635. The number of hydrogen-bond acceptors (Lipinski definition) is 1. The van der Waals surface area contributed by atoms with Gasteiger partial charge in [0.25, 0.3) is 5.69 Å². The Bertz CT molecular complexity index is 1220. The van der Waals surface area contributed by atoms with Crippen LogP contribution in [-0.2, 0) is 13.5 Å². The normalized spacial score (nSPS) is 12.5. The van der Waals surface area contributed by atoms with Crippen molar-refractivity contribution in [2.45, 2.75) is 27.2 Å². The molecule has 0 bridgehead atoms. The van der Waals surface area contributed by atoms with Gasteiger partial charge in [0.2, 0.25) is 5.75 Å². The van der Waals surface area contributed by atoms with Gasteiger partial charge in [-0.25, -0.2) is 0 Å². The molecule has 0 N–H and O–H groups in total. The highest BCUT2D eigenvalue weighted by Crippen LogP contribution is 2.48. The number of hydrogen-bond donors (Lipinski definition) is 0. The predicted octanol–water partition coefficient (Wildman–Crippen LogP) is 6.10. The predicted molar refractivity (Wildman–Crippen MR) is 111 cm³/mol. The third-order valence-electron chi connectivity index (χ3n) is 5.57. The average molecular weight is 354 g/mol. The number of aromatic nitrogens is 1. The molecule has 2 heterocycles. The Morgan fingerprint density at radius 2 is 1.81 bits per heavy atom. The highest BCUT2D eigenvalue weighted by atomic mass is 16.5. The van der Waals surface area contributed by atoms with Crippen LogP contribution in [0.25, 0.3) is 32.8 Å². The van der Waals surface area contributed by atoms with E-state index in [4.69, 9.17) is 4.74 Å². The first-order chi connectivity index (χ1) is 13.0. The highest BCUT2D eigenvalue weighted by molar-refractivity contribution is 6.06. The lowest BCUT2D eigenvalue weighted by molar-refractivity contribution is -0.659. The fraction of sp³-hybridized carbons (Fsp3) is 0.240. The van der Waals surface area contributed by atoms with Crippen molar-refractivity contribution < 1.29 is 9.30 Å². The summed E-state index contributed by atoms with van der Waals surface area (Å²) in [5, 5.41) is 4.87. The molecule has 3 aromatic carbocycles. The number of pyridine rings is 1. The maximum atomic E-state index is 6.54. The molecule has 0 fully saturated rings. The van der Waals surface area contributed by atoms with Crippen molar-refractivity contribution in [3.63, 3.8) is 0 Å². The van der Waals surface area contributed by atoms with Crippen LogP contribution in [0.5, 0.6) is 11.5 Å². The van der Waals surface area contributed by atoms with E-state index < -0.39 is 0 Å². The standard InChI is InChI=1S/C25H24NO/c1-15(2)12-17-9-11-19-14-26(4)24-22-16(3)8-10-18-6-5-7-21(23(18)22)27-25(24)20(19)13-17/h5-11,13-15H,12H2,1-4H3/q+1. The smallest absolute Gasteiger partial charge is 0.257 e. The van der Waals surface area contributed by atoms with E-state index in [0.29, 0.717) is 5.92 Å². The molecule has 0 aliphatic carbocycles. The summed E-state index contributed by atoms with van der Waals surface area (Å²) in [4.78, 5) is 0. The first kappa shape index (κ1) is 16.3. The molecular weight excluding hydrogens is 330 g/mol. The Hall–Kier alpha value is -2.87. The number of fused-ring (bicyclic) bond motifs is 4. The fourth-order valence-corrected chi connectivity index (χ4v) is 4.42. The van der Waals surface area contributed by atoms with Crippen molar-refractivity contribution in [2.24, 2.45) is 13.0 Å². The van der Waals surface area contributed by atoms with Gasteiger partial charge >= 0.3 is 0 Å². The Morgan fingerprint density at radius 3 is 2.63 bits per heavy atom. The molecule has 134 valence electrons. The van der Waals surface area contributed by atoms with Crippen LogP contribution < -0.4 is 9.30 Å². The third-order valence-corrected chi connectivity index (χ3v) is 5.57. The summed E-state index contributed by atoms with van der Waals surface area (Å²) < 4.78 is 8.76. The molecule has 0 radical (unpaired) electrons. The summed E-state index contributed by atoms with van der Waals surface area (Å²) in [6.45, 7) is 6.73. The first-order valence-electron chi connectivity index (χ1n) is 9.69. The van der Waals surface area contributed by atoms with Crippen molar-refractivity contribution >= 4 is 21.5 Å². The molecule has 2 heteroatoms. The molecule has 0 saturated carbocycles. The van der Waals surface area contributed by atoms with Gasteiger partial charge < -0.3 is 4.74 Å². The van der Waals surface area contributed by atoms with Gasteiger partial charge in [-0.3, -0.25) is 0 Å². The fourth-order valence-electron chi connectivity index (χ4n) is 4.42. The summed E-state index contributed by atoms with van der Waals surface area (Å²) in [6, 6.07) is 17.5. The van der Waals surface area contributed by atoms with Crippen molar-refractivity contribution in [3.8, 4) is 22.8 Å². The first-order valence-corrected chi connectivity index (χ1v) is 9.69. The molecule has 0 unspecified atom stereocenters. The van der Waals surface area contributed by atoms with Crippen LogP contribution in [0, 0.1) is 12.8 Å². The zero-order valence-electron chi connectivity index (χ0n) is 16.3. The Balaban J connectivity index is 1.88. The zero-order valence-corrected chi connectivity index (χ0v) is 16.3. The minimum Gasteiger partial charge on any atom is -0.449 e. The van der Waals surface area contributed by atoms with Crippen LogP contribution in [0.15, 0.2) is 54.7 Å². The van der Waals surface area contributed by atoms with E-state index in [1.54, 1.807) is 0 Å². The van der Waals surface area contributed by atoms with Gasteiger partial charge in [0.1, 0.15) is 12.8 Å². The SMILES string of the molecule is Cc1ccc2cccc3c2c1-c1c(c2cc(CC(C)C)ccc2c[n+]1C)O3. The molecular formula is C25H24NO+. The van der Waals surface area contributed by atoms with E-state index in [0.717, 1.165) is 17.9 Å². The van der Waals surface area contributed by atoms with Crippen LogP contribution in [-0.4, -0.2) is 0 Å². The highest BCUT2D eigenvalue weighted by Gasteiger charge is 2.31. The van der Waals surface area contributed by atoms with E-state index in [1.165, 1.54) is 43.9 Å². The molecule has 5 rings (SSSR count). The molecule has 1 aromatic heterocycles. The van der Waals surface area contributed by atoms with E-state index in [2.05, 4.69) is 87.1 Å². The molecule has 27 heavy (non-hydrogen) atoms. The van der Waals surface area contributed by atoms with Crippen LogP contribution in [0.4, 0.5) is 0 Å². The summed E-state index contributed by atoms with van der Waals surface area (Å²) in [6.07, 6.45) is 3.31. The van der Waals surface area contributed by atoms with E-state index in [1.807, 2.05) is 0 Å². The molecule has 0 saturated heterocycles. The Morgan fingerprint density at radius 1 is 1.00 bits per heavy atom. The van der Waals surface area contributed by atoms with Gasteiger partial charge in [-0.1, -0.05) is 44.2 Å². The Kier molecular flexibility index (Phi) is 3.51. The van der Waals surface area contributed by atoms with E-state index in [9.17, 15) is 0 Å².